The number of halogens is 1. The minimum absolute atomic E-state index is 0.155. The van der Waals surface area contributed by atoms with Gasteiger partial charge in [-0.25, -0.2) is 12.4 Å². The number of hydrogen-bond donors (Lipinski definition) is 0. The fraction of sp³-hybridized carbons (Fsp3) is 0.188. The van der Waals surface area contributed by atoms with Crippen molar-refractivity contribution in [2.24, 2.45) is 7.05 Å². The summed E-state index contributed by atoms with van der Waals surface area (Å²) in [4.78, 5) is 12.7. The van der Waals surface area contributed by atoms with Crippen molar-refractivity contribution in [3.05, 3.63) is 62.6 Å². The van der Waals surface area contributed by atoms with Gasteiger partial charge in [0.05, 0.1) is 4.90 Å². The highest BCUT2D eigenvalue weighted by atomic mass is 79.9. The summed E-state index contributed by atoms with van der Waals surface area (Å²) in [6.07, 6.45) is 1.63. The first kappa shape index (κ1) is 16.0. The van der Waals surface area contributed by atoms with E-state index in [1.807, 2.05) is 0 Å². The molecule has 0 bridgehead atoms. The number of aryl methyl sites for hydroxylation is 3. The Morgan fingerprint density at radius 2 is 1.78 bits per heavy atom. The molecule has 0 fully saturated rings. The van der Waals surface area contributed by atoms with Crippen LogP contribution in [0.5, 0.6) is 0 Å². The van der Waals surface area contributed by atoms with E-state index in [-0.39, 0.29) is 16.0 Å². The monoisotopic (exact) mass is 394 g/mol. The molecule has 23 heavy (non-hydrogen) atoms. The summed E-state index contributed by atoms with van der Waals surface area (Å²) in [6, 6.07) is 8.45. The summed E-state index contributed by atoms with van der Waals surface area (Å²) in [5.41, 5.74) is 0.934. The first-order valence-corrected chi connectivity index (χ1v) is 9.17. The molecule has 0 atom stereocenters. The van der Waals surface area contributed by atoms with Crippen LogP contribution in [-0.4, -0.2) is 17.0 Å². The van der Waals surface area contributed by atoms with Gasteiger partial charge in [0.25, 0.3) is 15.6 Å². The molecule has 0 spiro atoms. The third-order valence-corrected chi connectivity index (χ3v) is 6.43. The van der Waals surface area contributed by atoms with Crippen LogP contribution >= 0.6 is 15.9 Å². The molecule has 3 rings (SSSR count). The van der Waals surface area contributed by atoms with Gasteiger partial charge in [-0.2, -0.15) is 0 Å². The van der Waals surface area contributed by atoms with E-state index in [1.54, 1.807) is 57.4 Å². The smallest absolute Gasteiger partial charge is 0.275 e. The minimum atomic E-state index is -3.86. The van der Waals surface area contributed by atoms with E-state index >= 15 is 0 Å². The van der Waals surface area contributed by atoms with Gasteiger partial charge in [-0.3, -0.25) is 4.79 Å². The van der Waals surface area contributed by atoms with Crippen molar-refractivity contribution in [1.82, 2.24) is 8.54 Å². The SMILES string of the molecule is Cc1ccccc1S(=O)(=O)n1c(C)cc2c(Br)cn(C)c(=O)c21. The molecule has 1 aromatic carbocycles. The predicted octanol–water partition coefficient (Wildman–Crippen LogP) is 2.96. The van der Waals surface area contributed by atoms with Crippen LogP contribution in [0.4, 0.5) is 0 Å². The number of fused-ring (bicyclic) bond motifs is 1. The molecule has 0 saturated carbocycles. The van der Waals surface area contributed by atoms with E-state index in [0.717, 1.165) is 3.97 Å². The highest BCUT2D eigenvalue weighted by Crippen LogP contribution is 2.29. The third-order valence-electron chi connectivity index (χ3n) is 3.83. The molecule has 0 aliphatic rings. The molecule has 0 unspecified atom stereocenters. The zero-order valence-electron chi connectivity index (χ0n) is 12.9. The van der Waals surface area contributed by atoms with Gasteiger partial charge < -0.3 is 4.57 Å². The maximum Gasteiger partial charge on any atom is 0.275 e. The molecule has 5 nitrogen and oxygen atoms in total. The fourth-order valence-corrected chi connectivity index (χ4v) is 5.11. The second-order valence-corrected chi connectivity index (χ2v) is 8.09. The van der Waals surface area contributed by atoms with Gasteiger partial charge in [-0.1, -0.05) is 18.2 Å². The molecule has 3 aromatic rings. The maximum absolute atomic E-state index is 13.1. The standard InChI is InChI=1S/C16H15BrN2O3S/c1-10-6-4-5-7-14(10)23(21,22)19-11(2)8-12-13(17)9-18(3)16(20)15(12)19/h4-9H,1-3H3. The third kappa shape index (κ3) is 2.35. The lowest BCUT2D eigenvalue weighted by Crippen LogP contribution is -2.23. The molecule has 0 saturated heterocycles. The average molecular weight is 395 g/mol. The topological polar surface area (TPSA) is 61.1 Å². The Morgan fingerprint density at radius 1 is 1.13 bits per heavy atom. The van der Waals surface area contributed by atoms with Crippen molar-refractivity contribution in [3.63, 3.8) is 0 Å². The Kier molecular flexibility index (Phi) is 3.72. The summed E-state index contributed by atoms with van der Waals surface area (Å²) in [7, 11) is -2.26. The number of nitrogens with zero attached hydrogens (tertiary/aromatic N) is 2. The van der Waals surface area contributed by atoms with Gasteiger partial charge in [0.1, 0.15) is 5.52 Å². The summed E-state index contributed by atoms with van der Waals surface area (Å²) in [5.74, 6) is 0. The molecular weight excluding hydrogens is 380 g/mol. The predicted molar refractivity (Wildman–Crippen MR) is 93.4 cm³/mol. The lowest BCUT2D eigenvalue weighted by molar-refractivity contribution is 0.587. The van der Waals surface area contributed by atoms with E-state index in [4.69, 9.17) is 0 Å². The summed E-state index contributed by atoms with van der Waals surface area (Å²) in [6.45, 7) is 3.42. The first-order valence-electron chi connectivity index (χ1n) is 6.93. The molecular formula is C16H15BrN2O3S. The van der Waals surface area contributed by atoms with Gasteiger partial charge in [0.2, 0.25) is 0 Å². The lowest BCUT2D eigenvalue weighted by atomic mass is 10.2. The number of aromatic nitrogens is 2. The summed E-state index contributed by atoms with van der Waals surface area (Å²) in [5, 5.41) is 0.586. The lowest BCUT2D eigenvalue weighted by Gasteiger charge is -2.12. The van der Waals surface area contributed by atoms with E-state index in [1.165, 1.54) is 4.57 Å². The van der Waals surface area contributed by atoms with Crippen LogP contribution in [-0.2, 0) is 17.1 Å². The summed E-state index contributed by atoms with van der Waals surface area (Å²) >= 11 is 3.40. The Hall–Kier alpha value is -1.86. The van der Waals surface area contributed by atoms with E-state index in [9.17, 15) is 13.2 Å². The number of pyridine rings is 1. The molecule has 7 heteroatoms. The Bertz CT molecular complexity index is 1090. The minimum Gasteiger partial charge on any atom is -0.316 e. The number of benzene rings is 1. The van der Waals surface area contributed by atoms with Crippen molar-refractivity contribution in [2.75, 3.05) is 0 Å². The van der Waals surface area contributed by atoms with E-state index in [0.29, 0.717) is 21.1 Å². The van der Waals surface area contributed by atoms with Crippen LogP contribution in [0, 0.1) is 13.8 Å². The van der Waals surface area contributed by atoms with E-state index in [2.05, 4.69) is 15.9 Å². The zero-order chi connectivity index (χ0) is 16.9. The largest absolute Gasteiger partial charge is 0.316 e. The second kappa shape index (κ2) is 5.35. The van der Waals surface area contributed by atoms with Gasteiger partial charge in [0.15, 0.2) is 0 Å². The van der Waals surface area contributed by atoms with Gasteiger partial charge in [0, 0.05) is 28.8 Å². The first-order chi connectivity index (χ1) is 10.7. The second-order valence-electron chi connectivity index (χ2n) is 5.48. The van der Waals surface area contributed by atoms with Crippen molar-refractivity contribution >= 4 is 36.9 Å². The Balaban J connectivity index is 2.49. The van der Waals surface area contributed by atoms with Crippen LogP contribution in [0.2, 0.25) is 0 Å². The molecule has 0 amide bonds. The van der Waals surface area contributed by atoms with Crippen LogP contribution < -0.4 is 5.56 Å². The Labute approximate surface area is 142 Å². The van der Waals surface area contributed by atoms with Gasteiger partial charge in [-0.05, 0) is 47.5 Å². The Morgan fingerprint density at radius 3 is 2.43 bits per heavy atom. The van der Waals surface area contributed by atoms with Crippen molar-refractivity contribution in [3.8, 4) is 0 Å². The number of rotatable bonds is 2. The average Bonchev–Trinajstić information content (AvgIpc) is 2.84. The van der Waals surface area contributed by atoms with Crippen molar-refractivity contribution < 1.29 is 8.42 Å². The normalized spacial score (nSPS) is 12.0. The van der Waals surface area contributed by atoms with Crippen LogP contribution in [0.25, 0.3) is 10.9 Å². The molecule has 0 N–H and O–H groups in total. The summed E-state index contributed by atoms with van der Waals surface area (Å²) < 4.78 is 29.4. The number of hydrogen-bond acceptors (Lipinski definition) is 3. The molecule has 0 radical (unpaired) electrons. The molecule has 2 aromatic heterocycles. The van der Waals surface area contributed by atoms with Crippen LogP contribution in [0.1, 0.15) is 11.3 Å². The van der Waals surface area contributed by atoms with Gasteiger partial charge >= 0.3 is 0 Å². The van der Waals surface area contributed by atoms with Gasteiger partial charge in [-0.15, -0.1) is 0 Å². The quantitative estimate of drug-likeness (QED) is 0.671. The van der Waals surface area contributed by atoms with Crippen molar-refractivity contribution in [1.29, 1.82) is 0 Å². The maximum atomic E-state index is 13.1. The van der Waals surface area contributed by atoms with Crippen molar-refractivity contribution in [2.45, 2.75) is 18.7 Å². The van der Waals surface area contributed by atoms with E-state index < -0.39 is 10.0 Å². The highest BCUT2D eigenvalue weighted by Gasteiger charge is 2.25. The molecule has 2 heterocycles. The molecule has 120 valence electrons. The van der Waals surface area contributed by atoms with Crippen LogP contribution in [0.15, 0.2) is 50.7 Å². The van der Waals surface area contributed by atoms with Crippen LogP contribution in [0.3, 0.4) is 0 Å². The fourth-order valence-electron chi connectivity index (χ4n) is 2.72. The highest BCUT2D eigenvalue weighted by molar-refractivity contribution is 9.10. The molecule has 0 aliphatic heterocycles. The molecule has 0 aliphatic carbocycles. The zero-order valence-corrected chi connectivity index (χ0v) is 15.3.